The Labute approximate surface area is 160 Å². The second-order valence-corrected chi connectivity index (χ2v) is 6.79. The van der Waals surface area contributed by atoms with Crippen LogP contribution in [-0.2, 0) is 4.79 Å². The Morgan fingerprint density at radius 1 is 1.04 bits per heavy atom. The number of hydrogen-bond acceptors (Lipinski definition) is 4. The van der Waals surface area contributed by atoms with Gasteiger partial charge in [0, 0.05) is 23.5 Å². The molecule has 1 heterocycles. The van der Waals surface area contributed by atoms with E-state index in [1.54, 1.807) is 14.2 Å². The standard InChI is InChI=1S/C21H27N3O3/c1-16(21(25)22-17-6-4-8-19(14-17)26-2)23-10-12-24(13-11-23)18-7-5-9-20(15-18)27-3/h4-9,14-16H,10-13H2,1-3H3,(H,22,25)/p+1/t16-/m0/s1. The highest BCUT2D eigenvalue weighted by atomic mass is 16.5. The fourth-order valence-electron chi connectivity index (χ4n) is 3.43. The van der Waals surface area contributed by atoms with Gasteiger partial charge in [-0.25, -0.2) is 0 Å². The summed E-state index contributed by atoms with van der Waals surface area (Å²) < 4.78 is 10.5. The maximum Gasteiger partial charge on any atom is 0.282 e. The Bertz CT molecular complexity index is 773. The van der Waals surface area contributed by atoms with Gasteiger partial charge in [0.15, 0.2) is 6.04 Å². The van der Waals surface area contributed by atoms with Gasteiger partial charge in [-0.05, 0) is 31.2 Å². The molecule has 1 atom stereocenters. The predicted octanol–water partition coefficient (Wildman–Crippen LogP) is 1.44. The van der Waals surface area contributed by atoms with Crippen molar-refractivity contribution in [3.05, 3.63) is 48.5 Å². The summed E-state index contributed by atoms with van der Waals surface area (Å²) in [5.41, 5.74) is 1.93. The van der Waals surface area contributed by atoms with Crippen molar-refractivity contribution in [2.24, 2.45) is 0 Å². The van der Waals surface area contributed by atoms with Crippen LogP contribution in [0.25, 0.3) is 0 Å². The number of amides is 1. The van der Waals surface area contributed by atoms with E-state index in [4.69, 9.17) is 9.47 Å². The van der Waals surface area contributed by atoms with Crippen LogP contribution < -0.4 is 24.6 Å². The molecule has 2 aromatic rings. The molecule has 1 aliphatic heterocycles. The number of carbonyl (C=O) groups is 1. The van der Waals surface area contributed by atoms with Crippen molar-refractivity contribution in [2.75, 3.05) is 50.6 Å². The molecule has 1 saturated heterocycles. The van der Waals surface area contributed by atoms with Gasteiger partial charge in [0.1, 0.15) is 11.5 Å². The summed E-state index contributed by atoms with van der Waals surface area (Å²) in [5, 5.41) is 3.00. The molecule has 0 radical (unpaired) electrons. The van der Waals surface area contributed by atoms with Crippen LogP contribution in [0.4, 0.5) is 11.4 Å². The fourth-order valence-corrected chi connectivity index (χ4v) is 3.43. The molecule has 1 fully saturated rings. The van der Waals surface area contributed by atoms with Crippen LogP contribution in [0, 0.1) is 0 Å². The molecule has 0 bridgehead atoms. The molecule has 2 aromatic carbocycles. The first-order valence-electron chi connectivity index (χ1n) is 9.29. The largest absolute Gasteiger partial charge is 0.497 e. The molecule has 27 heavy (non-hydrogen) atoms. The molecule has 6 heteroatoms. The predicted molar refractivity (Wildman–Crippen MR) is 107 cm³/mol. The molecule has 3 rings (SSSR count). The number of anilines is 2. The van der Waals surface area contributed by atoms with Crippen molar-refractivity contribution in [3.8, 4) is 11.5 Å². The lowest BCUT2D eigenvalue weighted by Gasteiger charge is -2.36. The number of rotatable bonds is 6. The Balaban J connectivity index is 1.55. The lowest BCUT2D eigenvalue weighted by Crippen LogP contribution is -3.19. The van der Waals surface area contributed by atoms with E-state index in [1.807, 2.05) is 43.3 Å². The highest BCUT2D eigenvalue weighted by Gasteiger charge is 2.29. The van der Waals surface area contributed by atoms with E-state index >= 15 is 0 Å². The normalized spacial score (nSPS) is 15.9. The lowest BCUT2D eigenvalue weighted by molar-refractivity contribution is -0.914. The zero-order valence-electron chi connectivity index (χ0n) is 16.2. The molecule has 0 saturated carbocycles. The van der Waals surface area contributed by atoms with Crippen LogP contribution in [-0.4, -0.2) is 52.3 Å². The van der Waals surface area contributed by atoms with Crippen LogP contribution in [0.3, 0.4) is 0 Å². The summed E-state index contributed by atoms with van der Waals surface area (Å²) >= 11 is 0. The molecule has 2 N–H and O–H groups in total. The Kier molecular flexibility index (Phi) is 6.19. The monoisotopic (exact) mass is 370 g/mol. The van der Waals surface area contributed by atoms with Crippen molar-refractivity contribution in [3.63, 3.8) is 0 Å². The minimum Gasteiger partial charge on any atom is -0.497 e. The smallest absolute Gasteiger partial charge is 0.282 e. The van der Waals surface area contributed by atoms with Gasteiger partial charge in [-0.3, -0.25) is 4.79 Å². The van der Waals surface area contributed by atoms with E-state index < -0.39 is 0 Å². The average Bonchev–Trinajstić information content (AvgIpc) is 2.73. The number of benzene rings is 2. The van der Waals surface area contributed by atoms with Crippen LogP contribution in [0.2, 0.25) is 0 Å². The number of ether oxygens (including phenoxy) is 2. The summed E-state index contributed by atoms with van der Waals surface area (Å²) in [4.78, 5) is 16.3. The number of carbonyl (C=O) groups excluding carboxylic acids is 1. The summed E-state index contributed by atoms with van der Waals surface area (Å²) in [6.45, 7) is 5.67. The molecule has 1 aliphatic rings. The van der Waals surface area contributed by atoms with Gasteiger partial charge in [-0.1, -0.05) is 12.1 Å². The first kappa shape index (κ1) is 19.0. The van der Waals surface area contributed by atoms with Crippen LogP contribution in [0.15, 0.2) is 48.5 Å². The number of quaternary nitrogens is 1. The van der Waals surface area contributed by atoms with Gasteiger partial charge in [-0.15, -0.1) is 0 Å². The van der Waals surface area contributed by atoms with E-state index in [-0.39, 0.29) is 11.9 Å². The molecule has 1 amide bonds. The summed E-state index contributed by atoms with van der Waals surface area (Å²) in [5.74, 6) is 1.64. The van der Waals surface area contributed by atoms with Crippen molar-refractivity contribution in [1.29, 1.82) is 0 Å². The van der Waals surface area contributed by atoms with E-state index in [0.717, 1.165) is 43.4 Å². The van der Waals surface area contributed by atoms with Crippen LogP contribution >= 0.6 is 0 Å². The van der Waals surface area contributed by atoms with E-state index in [1.165, 1.54) is 10.6 Å². The second-order valence-electron chi connectivity index (χ2n) is 6.79. The van der Waals surface area contributed by atoms with Gasteiger partial charge in [0.05, 0.1) is 40.4 Å². The average molecular weight is 370 g/mol. The third-order valence-corrected chi connectivity index (χ3v) is 5.17. The number of nitrogens with zero attached hydrogens (tertiary/aromatic N) is 1. The first-order valence-corrected chi connectivity index (χ1v) is 9.29. The van der Waals surface area contributed by atoms with Crippen molar-refractivity contribution in [2.45, 2.75) is 13.0 Å². The van der Waals surface area contributed by atoms with Gasteiger partial charge < -0.3 is 24.6 Å². The van der Waals surface area contributed by atoms with Crippen molar-refractivity contribution in [1.82, 2.24) is 0 Å². The van der Waals surface area contributed by atoms with Gasteiger partial charge in [0.2, 0.25) is 0 Å². The molecule has 0 unspecified atom stereocenters. The minimum atomic E-state index is -0.108. The van der Waals surface area contributed by atoms with Gasteiger partial charge >= 0.3 is 0 Å². The maximum atomic E-state index is 12.6. The lowest BCUT2D eigenvalue weighted by atomic mass is 10.2. The van der Waals surface area contributed by atoms with Gasteiger partial charge in [0.25, 0.3) is 5.91 Å². The number of hydrogen-bond donors (Lipinski definition) is 2. The SMILES string of the molecule is COc1cccc(NC(=O)[C@H](C)[NH+]2CCN(c3cccc(OC)c3)CC2)c1. The quantitative estimate of drug-likeness (QED) is 0.808. The third kappa shape index (κ3) is 4.71. The van der Waals surface area contributed by atoms with E-state index in [0.29, 0.717) is 0 Å². The topological polar surface area (TPSA) is 55.2 Å². The van der Waals surface area contributed by atoms with Gasteiger partial charge in [-0.2, -0.15) is 0 Å². The zero-order chi connectivity index (χ0) is 19.2. The fraction of sp³-hybridized carbons (Fsp3) is 0.381. The Morgan fingerprint density at radius 3 is 2.33 bits per heavy atom. The first-order chi connectivity index (χ1) is 13.1. The van der Waals surface area contributed by atoms with Crippen molar-refractivity contribution >= 4 is 17.3 Å². The molecule has 0 spiro atoms. The highest BCUT2D eigenvalue weighted by Crippen LogP contribution is 2.21. The Hall–Kier alpha value is -2.73. The molecule has 0 aromatic heterocycles. The molecule has 0 aliphatic carbocycles. The molecule has 6 nitrogen and oxygen atoms in total. The summed E-state index contributed by atoms with van der Waals surface area (Å²) in [7, 11) is 3.30. The van der Waals surface area contributed by atoms with E-state index in [2.05, 4.69) is 22.3 Å². The third-order valence-electron chi connectivity index (χ3n) is 5.17. The van der Waals surface area contributed by atoms with Crippen molar-refractivity contribution < 1.29 is 19.2 Å². The number of piperazine rings is 1. The Morgan fingerprint density at radius 2 is 1.67 bits per heavy atom. The molecular formula is C21H28N3O3+. The minimum absolute atomic E-state index is 0.0353. The summed E-state index contributed by atoms with van der Waals surface area (Å²) in [6.07, 6.45) is 0. The molecule has 144 valence electrons. The zero-order valence-corrected chi connectivity index (χ0v) is 16.2. The second kappa shape index (κ2) is 8.77. The maximum absolute atomic E-state index is 12.6. The highest BCUT2D eigenvalue weighted by molar-refractivity contribution is 5.93. The van der Waals surface area contributed by atoms with E-state index in [9.17, 15) is 4.79 Å². The summed E-state index contributed by atoms with van der Waals surface area (Å²) in [6, 6.07) is 15.5. The van der Waals surface area contributed by atoms with Crippen LogP contribution in [0.1, 0.15) is 6.92 Å². The number of nitrogens with one attached hydrogen (secondary N) is 2. The molecular weight excluding hydrogens is 342 g/mol. The van der Waals surface area contributed by atoms with Crippen LogP contribution in [0.5, 0.6) is 11.5 Å². The number of methoxy groups -OCH3 is 2.